The lowest BCUT2D eigenvalue weighted by Gasteiger charge is -2.10. The lowest BCUT2D eigenvalue weighted by Crippen LogP contribution is -2.25. The van der Waals surface area contributed by atoms with E-state index in [1.165, 1.54) is 6.07 Å². The third-order valence-electron chi connectivity index (χ3n) is 3.22. The number of ether oxygens (including phenoxy) is 1. The summed E-state index contributed by atoms with van der Waals surface area (Å²) >= 11 is 0. The Morgan fingerprint density at radius 3 is 2.67 bits per heavy atom. The van der Waals surface area contributed by atoms with Gasteiger partial charge in [-0.1, -0.05) is 35.9 Å². The quantitative estimate of drug-likeness (QED) is 0.918. The van der Waals surface area contributed by atoms with Gasteiger partial charge in [0.1, 0.15) is 11.6 Å². The van der Waals surface area contributed by atoms with Gasteiger partial charge in [-0.25, -0.2) is 4.39 Å². The van der Waals surface area contributed by atoms with E-state index >= 15 is 0 Å². The van der Waals surface area contributed by atoms with Gasteiger partial charge in [0.2, 0.25) is 5.91 Å². The van der Waals surface area contributed by atoms with Crippen molar-refractivity contribution >= 4 is 5.91 Å². The molecule has 0 aliphatic carbocycles. The lowest BCUT2D eigenvalue weighted by molar-refractivity contribution is -0.120. The van der Waals surface area contributed by atoms with E-state index in [1.54, 1.807) is 25.3 Å². The molecule has 21 heavy (non-hydrogen) atoms. The van der Waals surface area contributed by atoms with Gasteiger partial charge >= 0.3 is 0 Å². The van der Waals surface area contributed by atoms with Crippen LogP contribution >= 0.6 is 0 Å². The van der Waals surface area contributed by atoms with Crippen LogP contribution in [0.1, 0.15) is 16.7 Å². The standard InChI is InChI=1S/C17H18FNO2/c1-12-7-8-16(21-2)14(9-12)10-17(20)19-11-13-5-3-4-6-15(13)18/h3-9H,10-11H2,1-2H3,(H,19,20). The second-order valence-corrected chi connectivity index (χ2v) is 4.86. The SMILES string of the molecule is COc1ccc(C)cc1CC(=O)NCc1ccccc1F. The van der Waals surface area contributed by atoms with Crippen molar-refractivity contribution in [2.45, 2.75) is 19.9 Å². The van der Waals surface area contributed by atoms with Crippen LogP contribution in [0.2, 0.25) is 0 Å². The summed E-state index contributed by atoms with van der Waals surface area (Å²) in [5.41, 5.74) is 2.36. The molecule has 0 unspecified atom stereocenters. The second-order valence-electron chi connectivity index (χ2n) is 4.86. The van der Waals surface area contributed by atoms with Crippen LogP contribution in [0.5, 0.6) is 5.75 Å². The number of halogens is 1. The molecule has 2 aromatic rings. The molecule has 2 aromatic carbocycles. The molecule has 0 fully saturated rings. The fourth-order valence-corrected chi connectivity index (χ4v) is 2.12. The zero-order valence-corrected chi connectivity index (χ0v) is 12.2. The molecule has 0 bridgehead atoms. The molecule has 0 aromatic heterocycles. The summed E-state index contributed by atoms with van der Waals surface area (Å²) in [5.74, 6) is 0.203. The Morgan fingerprint density at radius 1 is 1.19 bits per heavy atom. The van der Waals surface area contributed by atoms with Crippen molar-refractivity contribution in [3.05, 3.63) is 65.0 Å². The smallest absolute Gasteiger partial charge is 0.224 e. The number of hydrogen-bond acceptors (Lipinski definition) is 2. The van der Waals surface area contributed by atoms with E-state index in [1.807, 2.05) is 25.1 Å². The Kier molecular flexibility index (Phi) is 4.93. The summed E-state index contributed by atoms with van der Waals surface area (Å²) in [6, 6.07) is 12.1. The maximum absolute atomic E-state index is 13.5. The Labute approximate surface area is 123 Å². The third-order valence-corrected chi connectivity index (χ3v) is 3.22. The average Bonchev–Trinajstić information content (AvgIpc) is 2.47. The van der Waals surface area contributed by atoms with Gasteiger partial charge in [0.25, 0.3) is 0 Å². The van der Waals surface area contributed by atoms with Crippen molar-refractivity contribution < 1.29 is 13.9 Å². The van der Waals surface area contributed by atoms with Crippen LogP contribution in [-0.2, 0) is 17.8 Å². The predicted octanol–water partition coefficient (Wildman–Crippen LogP) is 3.00. The number of nitrogens with one attached hydrogen (secondary N) is 1. The summed E-state index contributed by atoms with van der Waals surface area (Å²) in [6.07, 6.45) is 0.208. The van der Waals surface area contributed by atoms with Crippen molar-refractivity contribution in [1.82, 2.24) is 5.32 Å². The van der Waals surface area contributed by atoms with Gasteiger partial charge in [-0.2, -0.15) is 0 Å². The molecule has 0 saturated carbocycles. The Balaban J connectivity index is 1.99. The molecule has 3 nitrogen and oxygen atoms in total. The molecular formula is C17H18FNO2. The van der Waals surface area contributed by atoms with Crippen LogP contribution in [-0.4, -0.2) is 13.0 Å². The van der Waals surface area contributed by atoms with Crippen molar-refractivity contribution in [2.75, 3.05) is 7.11 Å². The predicted molar refractivity (Wildman–Crippen MR) is 79.7 cm³/mol. The minimum atomic E-state index is -0.314. The molecule has 0 saturated heterocycles. The zero-order chi connectivity index (χ0) is 15.2. The molecule has 1 N–H and O–H groups in total. The summed E-state index contributed by atoms with van der Waals surface area (Å²) < 4.78 is 18.7. The normalized spacial score (nSPS) is 10.2. The van der Waals surface area contributed by atoms with E-state index in [4.69, 9.17) is 4.74 Å². The molecule has 1 amide bonds. The van der Waals surface area contributed by atoms with Crippen LogP contribution < -0.4 is 10.1 Å². The Bertz CT molecular complexity index is 640. The van der Waals surface area contributed by atoms with Gasteiger partial charge in [0.05, 0.1) is 13.5 Å². The molecule has 0 heterocycles. The second kappa shape index (κ2) is 6.88. The fourth-order valence-electron chi connectivity index (χ4n) is 2.12. The Hall–Kier alpha value is -2.36. The maximum atomic E-state index is 13.5. The number of amides is 1. The van der Waals surface area contributed by atoms with Crippen LogP contribution in [0, 0.1) is 12.7 Å². The van der Waals surface area contributed by atoms with E-state index < -0.39 is 0 Å². The molecule has 0 spiro atoms. The van der Waals surface area contributed by atoms with E-state index in [0.29, 0.717) is 11.3 Å². The van der Waals surface area contributed by atoms with Gasteiger partial charge in [0.15, 0.2) is 0 Å². The fraction of sp³-hybridized carbons (Fsp3) is 0.235. The molecule has 0 atom stereocenters. The molecule has 0 aliphatic rings. The highest BCUT2D eigenvalue weighted by molar-refractivity contribution is 5.79. The highest BCUT2D eigenvalue weighted by atomic mass is 19.1. The van der Waals surface area contributed by atoms with Gasteiger partial charge in [-0.05, 0) is 19.1 Å². The van der Waals surface area contributed by atoms with Crippen molar-refractivity contribution in [3.8, 4) is 5.75 Å². The minimum absolute atomic E-state index is 0.165. The highest BCUT2D eigenvalue weighted by Crippen LogP contribution is 2.20. The molecule has 2 rings (SSSR count). The summed E-state index contributed by atoms with van der Waals surface area (Å²) in [7, 11) is 1.57. The molecule has 4 heteroatoms. The number of carbonyl (C=O) groups excluding carboxylic acids is 1. The first-order valence-corrected chi connectivity index (χ1v) is 6.74. The summed E-state index contributed by atoms with van der Waals surface area (Å²) in [4.78, 5) is 12.0. The topological polar surface area (TPSA) is 38.3 Å². The zero-order valence-electron chi connectivity index (χ0n) is 12.2. The van der Waals surface area contributed by atoms with Crippen LogP contribution in [0.4, 0.5) is 4.39 Å². The minimum Gasteiger partial charge on any atom is -0.496 e. The Morgan fingerprint density at radius 2 is 1.95 bits per heavy atom. The molecule has 110 valence electrons. The van der Waals surface area contributed by atoms with Crippen LogP contribution in [0.25, 0.3) is 0 Å². The number of carbonyl (C=O) groups is 1. The van der Waals surface area contributed by atoms with Crippen molar-refractivity contribution in [3.63, 3.8) is 0 Å². The van der Waals surface area contributed by atoms with Crippen molar-refractivity contribution in [1.29, 1.82) is 0 Å². The number of hydrogen-bond donors (Lipinski definition) is 1. The number of aryl methyl sites for hydroxylation is 1. The molecule has 0 radical (unpaired) electrons. The number of rotatable bonds is 5. The first kappa shape index (κ1) is 15.0. The van der Waals surface area contributed by atoms with E-state index in [0.717, 1.165) is 11.1 Å². The van der Waals surface area contributed by atoms with E-state index in [9.17, 15) is 9.18 Å². The number of methoxy groups -OCH3 is 1. The van der Waals surface area contributed by atoms with Crippen molar-refractivity contribution in [2.24, 2.45) is 0 Å². The highest BCUT2D eigenvalue weighted by Gasteiger charge is 2.09. The lowest BCUT2D eigenvalue weighted by atomic mass is 10.1. The van der Waals surface area contributed by atoms with Gasteiger partial charge in [-0.3, -0.25) is 4.79 Å². The first-order valence-electron chi connectivity index (χ1n) is 6.74. The third kappa shape index (κ3) is 4.05. The first-order chi connectivity index (χ1) is 10.1. The summed E-state index contributed by atoms with van der Waals surface area (Å²) in [5, 5.41) is 2.72. The largest absolute Gasteiger partial charge is 0.496 e. The van der Waals surface area contributed by atoms with E-state index in [-0.39, 0.29) is 24.7 Å². The molecule has 0 aliphatic heterocycles. The van der Waals surface area contributed by atoms with E-state index in [2.05, 4.69) is 5.32 Å². The van der Waals surface area contributed by atoms with Crippen LogP contribution in [0.3, 0.4) is 0 Å². The monoisotopic (exact) mass is 287 g/mol. The maximum Gasteiger partial charge on any atom is 0.224 e. The van der Waals surface area contributed by atoms with Gasteiger partial charge in [-0.15, -0.1) is 0 Å². The average molecular weight is 287 g/mol. The van der Waals surface area contributed by atoms with Gasteiger partial charge in [0, 0.05) is 17.7 Å². The van der Waals surface area contributed by atoms with Gasteiger partial charge < -0.3 is 10.1 Å². The van der Waals surface area contributed by atoms with Crippen LogP contribution in [0.15, 0.2) is 42.5 Å². The number of benzene rings is 2. The molecular weight excluding hydrogens is 269 g/mol. The summed E-state index contributed by atoms with van der Waals surface area (Å²) in [6.45, 7) is 2.14.